The van der Waals surface area contributed by atoms with Gasteiger partial charge in [0.2, 0.25) is 0 Å². The van der Waals surface area contributed by atoms with E-state index in [1.807, 2.05) is 27.8 Å². The summed E-state index contributed by atoms with van der Waals surface area (Å²) in [5.74, 6) is 0. The second-order valence-corrected chi connectivity index (χ2v) is 5.00. The number of rotatable bonds is 5. The molecule has 0 fully saturated rings. The number of ether oxygens (including phenoxy) is 1. The first-order valence-corrected chi connectivity index (χ1v) is 6.18. The minimum atomic E-state index is -0.492. The first-order valence-electron chi connectivity index (χ1n) is 5.39. The fourth-order valence-electron chi connectivity index (χ4n) is 1.49. The van der Waals surface area contributed by atoms with Crippen molar-refractivity contribution in [2.24, 2.45) is 7.05 Å². The molecule has 1 unspecified atom stereocenters. The van der Waals surface area contributed by atoms with Crippen molar-refractivity contribution in [2.75, 3.05) is 6.61 Å². The van der Waals surface area contributed by atoms with Crippen molar-refractivity contribution >= 4 is 15.9 Å². The SMILES string of the molecule is Cc1nn(C)c(CC(O)COC(C)C)c1Br. The number of aryl methyl sites for hydroxylation is 2. The van der Waals surface area contributed by atoms with Crippen LogP contribution in [0.5, 0.6) is 0 Å². The molecular weight excluding hydrogens is 272 g/mol. The van der Waals surface area contributed by atoms with Gasteiger partial charge in [0.05, 0.1) is 34.7 Å². The van der Waals surface area contributed by atoms with E-state index < -0.39 is 6.10 Å². The Bertz CT molecular complexity index is 350. The molecule has 1 N–H and O–H groups in total. The van der Waals surface area contributed by atoms with Crippen LogP contribution in [0.1, 0.15) is 25.2 Å². The van der Waals surface area contributed by atoms with E-state index in [9.17, 15) is 5.11 Å². The molecule has 1 aromatic rings. The largest absolute Gasteiger partial charge is 0.390 e. The first kappa shape index (κ1) is 13.7. The van der Waals surface area contributed by atoms with Gasteiger partial charge in [-0.2, -0.15) is 5.10 Å². The van der Waals surface area contributed by atoms with Crippen molar-refractivity contribution in [1.82, 2.24) is 9.78 Å². The van der Waals surface area contributed by atoms with Crippen molar-refractivity contribution in [3.63, 3.8) is 0 Å². The Hall–Kier alpha value is -0.390. The van der Waals surface area contributed by atoms with Crippen LogP contribution in [0.4, 0.5) is 0 Å². The van der Waals surface area contributed by atoms with E-state index in [0.29, 0.717) is 13.0 Å². The van der Waals surface area contributed by atoms with Gasteiger partial charge in [-0.3, -0.25) is 4.68 Å². The van der Waals surface area contributed by atoms with Crippen molar-refractivity contribution in [1.29, 1.82) is 0 Å². The molecule has 16 heavy (non-hydrogen) atoms. The van der Waals surface area contributed by atoms with E-state index in [-0.39, 0.29) is 6.10 Å². The molecule has 5 heteroatoms. The van der Waals surface area contributed by atoms with Crippen LogP contribution < -0.4 is 0 Å². The highest BCUT2D eigenvalue weighted by atomic mass is 79.9. The van der Waals surface area contributed by atoms with Gasteiger partial charge in [-0.15, -0.1) is 0 Å². The maximum atomic E-state index is 9.82. The van der Waals surface area contributed by atoms with Crippen LogP contribution in [0.25, 0.3) is 0 Å². The molecular formula is C11H19BrN2O2. The van der Waals surface area contributed by atoms with Crippen LogP contribution in [0, 0.1) is 6.92 Å². The number of aliphatic hydroxyl groups excluding tert-OH is 1. The lowest BCUT2D eigenvalue weighted by atomic mass is 10.2. The summed E-state index contributed by atoms with van der Waals surface area (Å²) in [6.07, 6.45) is 0.199. The number of hydrogen-bond donors (Lipinski definition) is 1. The fraction of sp³-hybridized carbons (Fsp3) is 0.727. The molecule has 1 aromatic heterocycles. The molecule has 0 amide bonds. The molecule has 0 aliphatic heterocycles. The number of nitrogens with zero attached hydrogens (tertiary/aromatic N) is 2. The van der Waals surface area contributed by atoms with Gasteiger partial charge < -0.3 is 9.84 Å². The second-order valence-electron chi connectivity index (χ2n) is 4.21. The van der Waals surface area contributed by atoms with Gasteiger partial charge in [0, 0.05) is 13.5 Å². The predicted octanol–water partition coefficient (Wildman–Crippen LogP) is 1.82. The number of hydrogen-bond acceptors (Lipinski definition) is 3. The number of aromatic nitrogens is 2. The molecule has 0 aliphatic carbocycles. The smallest absolute Gasteiger partial charge is 0.0829 e. The van der Waals surface area contributed by atoms with Crippen molar-refractivity contribution in [3.8, 4) is 0 Å². The van der Waals surface area contributed by atoms with Gasteiger partial charge in [0.1, 0.15) is 0 Å². The molecule has 0 bridgehead atoms. The minimum Gasteiger partial charge on any atom is -0.390 e. The molecule has 92 valence electrons. The summed E-state index contributed by atoms with van der Waals surface area (Å²) in [4.78, 5) is 0. The molecule has 0 spiro atoms. The van der Waals surface area contributed by atoms with Crippen molar-refractivity contribution < 1.29 is 9.84 Å². The molecule has 1 rings (SSSR count). The maximum Gasteiger partial charge on any atom is 0.0829 e. The molecule has 1 heterocycles. The summed E-state index contributed by atoms with van der Waals surface area (Å²) >= 11 is 3.47. The normalized spacial score (nSPS) is 13.4. The Morgan fingerprint density at radius 2 is 2.12 bits per heavy atom. The highest BCUT2D eigenvalue weighted by Gasteiger charge is 2.15. The standard InChI is InChI=1S/C11H19BrN2O2/c1-7(2)16-6-9(15)5-10-11(12)8(3)13-14(10)4/h7,9,15H,5-6H2,1-4H3. The molecule has 0 aliphatic rings. The zero-order valence-electron chi connectivity index (χ0n) is 10.2. The molecule has 0 aromatic carbocycles. The quantitative estimate of drug-likeness (QED) is 0.900. The summed E-state index contributed by atoms with van der Waals surface area (Å²) in [6.45, 7) is 6.20. The third kappa shape index (κ3) is 3.57. The summed E-state index contributed by atoms with van der Waals surface area (Å²) in [7, 11) is 1.88. The minimum absolute atomic E-state index is 0.145. The molecule has 4 nitrogen and oxygen atoms in total. The number of aliphatic hydroxyl groups is 1. The topological polar surface area (TPSA) is 47.3 Å². The average Bonchev–Trinajstić information content (AvgIpc) is 2.42. The summed E-state index contributed by atoms with van der Waals surface area (Å²) in [5.41, 5.74) is 1.94. The molecule has 1 atom stereocenters. The second kappa shape index (κ2) is 5.80. The van der Waals surface area contributed by atoms with Crippen LogP contribution in [0.3, 0.4) is 0 Å². The van der Waals surface area contributed by atoms with Crippen LogP contribution in [0.2, 0.25) is 0 Å². The Kier molecular flexibility index (Phi) is 4.95. The predicted molar refractivity (Wildman–Crippen MR) is 66.4 cm³/mol. The van der Waals surface area contributed by atoms with E-state index in [1.54, 1.807) is 4.68 Å². The van der Waals surface area contributed by atoms with Gasteiger partial charge in [-0.1, -0.05) is 0 Å². The van der Waals surface area contributed by atoms with E-state index >= 15 is 0 Å². The van der Waals surface area contributed by atoms with Crippen LogP contribution in [0.15, 0.2) is 4.47 Å². The zero-order chi connectivity index (χ0) is 12.3. The first-order chi connectivity index (χ1) is 7.41. The van der Waals surface area contributed by atoms with Crippen molar-refractivity contribution in [2.45, 2.75) is 39.4 Å². The van der Waals surface area contributed by atoms with E-state index in [4.69, 9.17) is 4.74 Å². The highest BCUT2D eigenvalue weighted by molar-refractivity contribution is 9.10. The van der Waals surface area contributed by atoms with Gasteiger partial charge in [0.25, 0.3) is 0 Å². The Labute approximate surface area is 105 Å². The van der Waals surface area contributed by atoms with Gasteiger partial charge in [0.15, 0.2) is 0 Å². The van der Waals surface area contributed by atoms with Gasteiger partial charge in [-0.25, -0.2) is 0 Å². The third-order valence-corrected chi connectivity index (χ3v) is 3.34. The fourth-order valence-corrected chi connectivity index (χ4v) is 1.99. The Balaban J connectivity index is 2.59. The summed E-state index contributed by atoms with van der Waals surface area (Å²) in [6, 6.07) is 0. The number of halogens is 1. The highest BCUT2D eigenvalue weighted by Crippen LogP contribution is 2.21. The summed E-state index contributed by atoms with van der Waals surface area (Å²) in [5, 5.41) is 14.1. The van der Waals surface area contributed by atoms with Crippen LogP contribution >= 0.6 is 15.9 Å². The average molecular weight is 291 g/mol. The van der Waals surface area contributed by atoms with Gasteiger partial charge in [-0.05, 0) is 36.7 Å². The zero-order valence-corrected chi connectivity index (χ0v) is 11.8. The molecule has 0 radical (unpaired) electrons. The lowest BCUT2D eigenvalue weighted by Crippen LogP contribution is -2.22. The van der Waals surface area contributed by atoms with E-state index in [2.05, 4.69) is 21.0 Å². The Morgan fingerprint density at radius 3 is 2.56 bits per heavy atom. The lowest BCUT2D eigenvalue weighted by Gasteiger charge is -2.13. The van der Waals surface area contributed by atoms with Crippen LogP contribution in [-0.2, 0) is 18.2 Å². The maximum absolute atomic E-state index is 9.82. The Morgan fingerprint density at radius 1 is 1.50 bits per heavy atom. The van der Waals surface area contributed by atoms with Gasteiger partial charge >= 0.3 is 0 Å². The third-order valence-electron chi connectivity index (χ3n) is 2.31. The molecule has 0 saturated heterocycles. The lowest BCUT2D eigenvalue weighted by molar-refractivity contribution is 0.00550. The molecule has 0 saturated carbocycles. The van der Waals surface area contributed by atoms with E-state index in [1.165, 1.54) is 0 Å². The van der Waals surface area contributed by atoms with E-state index in [0.717, 1.165) is 15.9 Å². The van der Waals surface area contributed by atoms with Crippen LogP contribution in [-0.4, -0.2) is 33.7 Å². The van der Waals surface area contributed by atoms with Crippen molar-refractivity contribution in [3.05, 3.63) is 15.9 Å². The summed E-state index contributed by atoms with van der Waals surface area (Å²) < 4.78 is 8.13. The monoisotopic (exact) mass is 290 g/mol.